The zero-order chi connectivity index (χ0) is 10.1. The van der Waals surface area contributed by atoms with Crippen LogP contribution in [-0.4, -0.2) is 4.98 Å². The van der Waals surface area contributed by atoms with Crippen molar-refractivity contribution in [2.24, 2.45) is 0 Å². The maximum atomic E-state index is 8.84. The number of anilines is 1. The summed E-state index contributed by atoms with van der Waals surface area (Å²) in [7, 11) is 0. The van der Waals surface area contributed by atoms with Crippen LogP contribution in [-0.2, 0) is 0 Å². The Bertz CT molecular complexity index is 543. The molecule has 0 aliphatic rings. The minimum atomic E-state index is 0.420. The van der Waals surface area contributed by atoms with Crippen LogP contribution in [0.5, 0.6) is 0 Å². The van der Waals surface area contributed by atoms with Crippen LogP contribution < -0.4 is 5.73 Å². The van der Waals surface area contributed by atoms with Crippen LogP contribution >= 0.6 is 15.9 Å². The molecule has 3 nitrogen and oxygen atoms in total. The molecule has 0 bridgehead atoms. The van der Waals surface area contributed by atoms with Gasteiger partial charge < -0.3 is 5.73 Å². The highest BCUT2D eigenvalue weighted by molar-refractivity contribution is 9.10. The van der Waals surface area contributed by atoms with Crippen molar-refractivity contribution in [3.8, 4) is 6.07 Å². The molecule has 0 aliphatic heterocycles. The zero-order valence-electron chi connectivity index (χ0n) is 7.16. The molecule has 0 amide bonds. The Hall–Kier alpha value is -1.60. The Labute approximate surface area is 89.3 Å². The van der Waals surface area contributed by atoms with Crippen molar-refractivity contribution in [3.05, 3.63) is 34.6 Å². The highest BCUT2D eigenvalue weighted by atomic mass is 79.9. The van der Waals surface area contributed by atoms with Crippen LogP contribution in [0.15, 0.2) is 28.9 Å². The molecule has 0 radical (unpaired) electrons. The van der Waals surface area contributed by atoms with Gasteiger partial charge in [0, 0.05) is 27.1 Å². The third-order valence-electron chi connectivity index (χ3n) is 1.97. The Morgan fingerprint density at radius 3 is 2.86 bits per heavy atom. The van der Waals surface area contributed by atoms with E-state index in [0.29, 0.717) is 11.4 Å². The second-order valence-corrected chi connectivity index (χ2v) is 3.73. The summed E-state index contributed by atoms with van der Waals surface area (Å²) in [5.41, 5.74) is 6.75. The standard InChI is InChI=1S/C10H6BrN3/c11-9-5-14-10(4-12)7-2-1-6(13)3-8(7)9/h1-3,5H,13H2. The van der Waals surface area contributed by atoms with Gasteiger partial charge in [-0.2, -0.15) is 5.26 Å². The van der Waals surface area contributed by atoms with Crippen LogP contribution in [0, 0.1) is 11.3 Å². The number of benzene rings is 1. The fourth-order valence-corrected chi connectivity index (χ4v) is 1.75. The number of nitrogens with zero attached hydrogens (tertiary/aromatic N) is 2. The fourth-order valence-electron chi connectivity index (χ4n) is 1.32. The number of nitriles is 1. The molecule has 1 aromatic heterocycles. The summed E-state index contributed by atoms with van der Waals surface area (Å²) in [6.45, 7) is 0. The van der Waals surface area contributed by atoms with Crippen LogP contribution in [0.1, 0.15) is 5.69 Å². The number of rotatable bonds is 0. The molecule has 1 heterocycles. The molecular formula is C10H6BrN3. The molecular weight excluding hydrogens is 242 g/mol. The van der Waals surface area contributed by atoms with E-state index >= 15 is 0 Å². The minimum absolute atomic E-state index is 0.420. The number of nitrogens with two attached hydrogens (primary N) is 1. The largest absolute Gasteiger partial charge is 0.399 e. The maximum absolute atomic E-state index is 8.84. The van der Waals surface area contributed by atoms with Crippen LogP contribution in [0.25, 0.3) is 10.8 Å². The highest BCUT2D eigenvalue weighted by Gasteiger charge is 2.05. The van der Waals surface area contributed by atoms with E-state index < -0.39 is 0 Å². The molecule has 0 fully saturated rings. The van der Waals surface area contributed by atoms with E-state index in [-0.39, 0.29) is 0 Å². The average molecular weight is 248 g/mol. The Morgan fingerprint density at radius 1 is 1.36 bits per heavy atom. The van der Waals surface area contributed by atoms with E-state index in [1.807, 2.05) is 12.1 Å². The molecule has 2 N–H and O–H groups in total. The van der Waals surface area contributed by atoms with E-state index in [2.05, 4.69) is 20.9 Å². The van der Waals surface area contributed by atoms with E-state index in [4.69, 9.17) is 11.0 Å². The topological polar surface area (TPSA) is 62.7 Å². The predicted molar refractivity (Wildman–Crippen MR) is 58.6 cm³/mol. The van der Waals surface area contributed by atoms with Gasteiger partial charge in [-0.25, -0.2) is 4.98 Å². The van der Waals surface area contributed by atoms with Crippen molar-refractivity contribution in [1.82, 2.24) is 4.98 Å². The number of halogens is 1. The molecule has 1 aromatic carbocycles. The first-order valence-electron chi connectivity index (χ1n) is 3.96. The Morgan fingerprint density at radius 2 is 2.14 bits per heavy atom. The lowest BCUT2D eigenvalue weighted by molar-refractivity contribution is 1.28. The first kappa shape index (κ1) is 8.97. The van der Waals surface area contributed by atoms with Gasteiger partial charge in [0.1, 0.15) is 11.8 Å². The number of hydrogen-bond donors (Lipinski definition) is 1. The quantitative estimate of drug-likeness (QED) is 0.728. The van der Waals surface area contributed by atoms with Crippen molar-refractivity contribution < 1.29 is 0 Å². The summed E-state index contributed by atoms with van der Waals surface area (Å²) in [6.07, 6.45) is 1.61. The van der Waals surface area contributed by atoms with Gasteiger partial charge in [-0.05, 0) is 34.1 Å². The van der Waals surface area contributed by atoms with Gasteiger partial charge in [0.05, 0.1) is 0 Å². The SMILES string of the molecule is N#Cc1ncc(Br)c2cc(N)ccc12. The molecule has 2 rings (SSSR count). The van der Waals surface area contributed by atoms with Gasteiger partial charge in [0.2, 0.25) is 0 Å². The van der Waals surface area contributed by atoms with Crippen molar-refractivity contribution in [2.75, 3.05) is 5.73 Å². The molecule has 14 heavy (non-hydrogen) atoms. The molecule has 0 spiro atoms. The summed E-state index contributed by atoms with van der Waals surface area (Å²) in [4.78, 5) is 4.01. The van der Waals surface area contributed by atoms with E-state index in [0.717, 1.165) is 15.2 Å². The van der Waals surface area contributed by atoms with Gasteiger partial charge in [0.25, 0.3) is 0 Å². The molecule has 2 aromatic rings. The van der Waals surface area contributed by atoms with Crippen LogP contribution in [0.3, 0.4) is 0 Å². The van der Waals surface area contributed by atoms with Gasteiger partial charge in [-0.15, -0.1) is 0 Å². The third-order valence-corrected chi connectivity index (χ3v) is 2.60. The Balaban J connectivity index is 2.93. The number of hydrogen-bond acceptors (Lipinski definition) is 3. The molecule has 0 saturated carbocycles. The maximum Gasteiger partial charge on any atom is 0.148 e. The summed E-state index contributed by atoms with van der Waals surface area (Å²) in [5.74, 6) is 0. The highest BCUT2D eigenvalue weighted by Crippen LogP contribution is 2.26. The Kier molecular flexibility index (Phi) is 2.10. The fraction of sp³-hybridized carbons (Fsp3) is 0. The first-order valence-corrected chi connectivity index (χ1v) is 4.75. The van der Waals surface area contributed by atoms with E-state index in [9.17, 15) is 0 Å². The normalized spacial score (nSPS) is 10.0. The second kappa shape index (κ2) is 3.28. The smallest absolute Gasteiger partial charge is 0.148 e. The lowest BCUT2D eigenvalue weighted by atomic mass is 10.1. The summed E-state index contributed by atoms with van der Waals surface area (Å²) < 4.78 is 0.846. The molecule has 4 heteroatoms. The zero-order valence-corrected chi connectivity index (χ0v) is 8.75. The van der Waals surface area contributed by atoms with Gasteiger partial charge in [-0.3, -0.25) is 0 Å². The lowest BCUT2D eigenvalue weighted by Crippen LogP contribution is -1.89. The average Bonchev–Trinajstić information content (AvgIpc) is 2.19. The number of nitrogen functional groups attached to an aromatic ring is 1. The minimum Gasteiger partial charge on any atom is -0.399 e. The molecule has 0 saturated heterocycles. The summed E-state index contributed by atoms with van der Waals surface area (Å²) in [5, 5.41) is 10.6. The second-order valence-electron chi connectivity index (χ2n) is 2.87. The van der Waals surface area contributed by atoms with E-state index in [1.54, 1.807) is 18.3 Å². The summed E-state index contributed by atoms with van der Waals surface area (Å²) >= 11 is 3.37. The number of pyridine rings is 1. The number of aromatic nitrogens is 1. The first-order chi connectivity index (χ1) is 6.72. The van der Waals surface area contributed by atoms with Crippen molar-refractivity contribution >= 4 is 32.4 Å². The molecule has 68 valence electrons. The van der Waals surface area contributed by atoms with Gasteiger partial charge in [0.15, 0.2) is 0 Å². The van der Waals surface area contributed by atoms with Crippen molar-refractivity contribution in [3.63, 3.8) is 0 Å². The molecule has 0 unspecified atom stereocenters. The summed E-state index contributed by atoms with van der Waals surface area (Å²) in [6, 6.07) is 7.43. The predicted octanol–water partition coefficient (Wildman–Crippen LogP) is 2.45. The lowest BCUT2D eigenvalue weighted by Gasteiger charge is -2.02. The van der Waals surface area contributed by atoms with E-state index in [1.165, 1.54) is 0 Å². The van der Waals surface area contributed by atoms with Gasteiger partial charge >= 0.3 is 0 Å². The molecule has 0 aliphatic carbocycles. The number of fused-ring (bicyclic) bond motifs is 1. The van der Waals surface area contributed by atoms with Crippen molar-refractivity contribution in [2.45, 2.75) is 0 Å². The third kappa shape index (κ3) is 1.32. The monoisotopic (exact) mass is 247 g/mol. The van der Waals surface area contributed by atoms with Gasteiger partial charge in [-0.1, -0.05) is 0 Å². The van der Waals surface area contributed by atoms with Crippen LogP contribution in [0.4, 0.5) is 5.69 Å². The van der Waals surface area contributed by atoms with Crippen LogP contribution in [0.2, 0.25) is 0 Å². The molecule has 0 atom stereocenters. The van der Waals surface area contributed by atoms with Crippen molar-refractivity contribution in [1.29, 1.82) is 5.26 Å².